The first-order valence-electron chi connectivity index (χ1n) is 9.80. The van der Waals surface area contributed by atoms with Gasteiger partial charge in [-0.2, -0.15) is 13.8 Å². The van der Waals surface area contributed by atoms with Crippen LogP contribution in [0.15, 0.2) is 48.7 Å². The summed E-state index contributed by atoms with van der Waals surface area (Å²) in [5.74, 6) is 0.484. The van der Waals surface area contributed by atoms with Crippen molar-refractivity contribution in [1.29, 1.82) is 0 Å². The monoisotopic (exact) mass is 389 g/mol. The van der Waals surface area contributed by atoms with Crippen LogP contribution < -0.4 is 0 Å². The van der Waals surface area contributed by atoms with Crippen LogP contribution >= 0.6 is 11.7 Å². The van der Waals surface area contributed by atoms with Crippen LogP contribution in [0.4, 0.5) is 0 Å². The average Bonchev–Trinajstić information content (AvgIpc) is 3.38. The van der Waals surface area contributed by atoms with Crippen molar-refractivity contribution in [3.8, 4) is 11.1 Å². The largest absolute Gasteiger partial charge is 0.298 e. The van der Waals surface area contributed by atoms with Gasteiger partial charge in [-0.15, -0.1) is 0 Å². The smallest absolute Gasteiger partial charge is 0.105 e. The van der Waals surface area contributed by atoms with Gasteiger partial charge in [0.15, 0.2) is 0 Å². The fourth-order valence-electron chi connectivity index (χ4n) is 4.19. The van der Waals surface area contributed by atoms with Gasteiger partial charge >= 0.3 is 0 Å². The van der Waals surface area contributed by atoms with Gasteiger partial charge in [-0.25, -0.2) is 0 Å². The van der Waals surface area contributed by atoms with Gasteiger partial charge in [-0.05, 0) is 49.6 Å². The van der Waals surface area contributed by atoms with Crippen LogP contribution in [0.5, 0.6) is 0 Å². The predicted molar refractivity (Wildman–Crippen MR) is 113 cm³/mol. The molecule has 1 atom stereocenters. The predicted octanol–water partition coefficient (Wildman–Crippen LogP) is 4.77. The summed E-state index contributed by atoms with van der Waals surface area (Å²) in [5.41, 5.74) is 8.34. The molecule has 0 amide bonds. The number of fused-ring (bicyclic) bond motifs is 1. The van der Waals surface area contributed by atoms with Crippen LogP contribution in [0.3, 0.4) is 0 Å². The molecule has 0 aliphatic carbocycles. The van der Waals surface area contributed by atoms with Gasteiger partial charge in [0.05, 0.1) is 17.9 Å². The van der Waals surface area contributed by atoms with Crippen molar-refractivity contribution in [1.82, 2.24) is 23.8 Å². The molecule has 4 aromatic rings. The van der Waals surface area contributed by atoms with E-state index in [1.807, 2.05) is 6.20 Å². The summed E-state index contributed by atoms with van der Waals surface area (Å²) in [7, 11) is 0. The Labute approximate surface area is 168 Å². The topological polar surface area (TPSA) is 57.7 Å². The van der Waals surface area contributed by atoms with Crippen molar-refractivity contribution in [2.75, 3.05) is 13.1 Å². The van der Waals surface area contributed by atoms with Crippen molar-refractivity contribution in [3.05, 3.63) is 65.5 Å². The molecular formula is C22H23N5S. The molecule has 0 bridgehead atoms. The maximum atomic E-state index is 4.38. The van der Waals surface area contributed by atoms with E-state index >= 15 is 0 Å². The van der Waals surface area contributed by atoms with E-state index in [0.717, 1.165) is 30.7 Å². The minimum atomic E-state index is 0.484. The van der Waals surface area contributed by atoms with Crippen molar-refractivity contribution < 1.29 is 0 Å². The first-order valence-corrected chi connectivity index (χ1v) is 10.5. The molecule has 1 unspecified atom stereocenters. The Morgan fingerprint density at radius 2 is 1.96 bits per heavy atom. The highest BCUT2D eigenvalue weighted by molar-refractivity contribution is 7.00. The van der Waals surface area contributed by atoms with Gasteiger partial charge in [0.25, 0.3) is 0 Å². The molecule has 1 saturated heterocycles. The van der Waals surface area contributed by atoms with Crippen molar-refractivity contribution in [2.45, 2.75) is 32.2 Å². The number of hydrogen-bond donors (Lipinski definition) is 1. The summed E-state index contributed by atoms with van der Waals surface area (Å²) < 4.78 is 8.68. The number of nitrogens with one attached hydrogen (secondary N) is 1. The van der Waals surface area contributed by atoms with Crippen molar-refractivity contribution in [3.63, 3.8) is 0 Å². The SMILES string of the molecule is Cc1ccc(-c2cn[nH]c2C2CCCN(Cc3ccc4nsnc4c3)C2)cc1. The van der Waals surface area contributed by atoms with E-state index in [2.05, 4.69) is 73.2 Å². The highest BCUT2D eigenvalue weighted by atomic mass is 32.1. The number of benzene rings is 2. The van der Waals surface area contributed by atoms with Gasteiger partial charge in [-0.3, -0.25) is 10.00 Å². The molecule has 0 radical (unpaired) electrons. The van der Waals surface area contributed by atoms with E-state index in [1.165, 1.54) is 52.5 Å². The lowest BCUT2D eigenvalue weighted by molar-refractivity contribution is 0.198. The van der Waals surface area contributed by atoms with Gasteiger partial charge in [0.2, 0.25) is 0 Å². The number of likely N-dealkylation sites (tertiary alicyclic amines) is 1. The van der Waals surface area contributed by atoms with Gasteiger partial charge in [-0.1, -0.05) is 35.9 Å². The number of hydrogen-bond acceptors (Lipinski definition) is 5. The lowest BCUT2D eigenvalue weighted by Crippen LogP contribution is -2.34. The highest BCUT2D eigenvalue weighted by Crippen LogP contribution is 2.33. The van der Waals surface area contributed by atoms with Crippen LogP contribution in [0, 0.1) is 6.92 Å². The number of aromatic nitrogens is 4. The fourth-order valence-corrected chi connectivity index (χ4v) is 4.71. The fraction of sp³-hybridized carbons (Fsp3) is 0.318. The van der Waals surface area contributed by atoms with Gasteiger partial charge in [0, 0.05) is 30.3 Å². The van der Waals surface area contributed by atoms with Crippen LogP contribution in [0.1, 0.15) is 35.6 Å². The molecule has 1 aliphatic rings. The second kappa shape index (κ2) is 7.45. The van der Waals surface area contributed by atoms with E-state index in [1.54, 1.807) is 0 Å². The maximum Gasteiger partial charge on any atom is 0.105 e. The second-order valence-electron chi connectivity index (χ2n) is 7.72. The maximum absolute atomic E-state index is 4.38. The van der Waals surface area contributed by atoms with Crippen molar-refractivity contribution >= 4 is 22.8 Å². The van der Waals surface area contributed by atoms with E-state index in [0.29, 0.717) is 5.92 Å². The minimum Gasteiger partial charge on any atom is -0.298 e. The number of aryl methyl sites for hydroxylation is 1. The number of aromatic amines is 1. The van der Waals surface area contributed by atoms with E-state index < -0.39 is 0 Å². The van der Waals surface area contributed by atoms with Gasteiger partial charge in [0.1, 0.15) is 11.0 Å². The molecule has 6 heteroatoms. The Kier molecular flexibility index (Phi) is 4.66. The molecule has 3 heterocycles. The summed E-state index contributed by atoms with van der Waals surface area (Å²) in [6, 6.07) is 15.2. The molecule has 28 heavy (non-hydrogen) atoms. The highest BCUT2D eigenvalue weighted by Gasteiger charge is 2.25. The molecule has 2 aromatic heterocycles. The van der Waals surface area contributed by atoms with Gasteiger partial charge < -0.3 is 0 Å². The molecule has 1 fully saturated rings. The van der Waals surface area contributed by atoms with E-state index in [9.17, 15) is 0 Å². The third-order valence-corrected chi connectivity index (χ3v) is 6.23. The van der Waals surface area contributed by atoms with E-state index in [-0.39, 0.29) is 0 Å². The molecule has 142 valence electrons. The zero-order valence-corrected chi connectivity index (χ0v) is 16.7. The van der Waals surface area contributed by atoms with Crippen LogP contribution in [-0.2, 0) is 6.54 Å². The standard InChI is InChI=1S/C22H23N5S/c1-15-4-7-17(8-5-15)19-12-23-24-22(19)18-3-2-10-27(14-18)13-16-6-9-20-21(11-16)26-28-25-20/h4-9,11-12,18H,2-3,10,13-14H2,1H3,(H,23,24). The van der Waals surface area contributed by atoms with Crippen LogP contribution in [-0.4, -0.2) is 36.9 Å². The molecular weight excluding hydrogens is 366 g/mol. The summed E-state index contributed by atoms with van der Waals surface area (Å²) in [5, 5.41) is 7.68. The summed E-state index contributed by atoms with van der Waals surface area (Å²) in [6.45, 7) is 5.27. The Hall–Kier alpha value is -2.57. The molecule has 5 rings (SSSR count). The quantitative estimate of drug-likeness (QED) is 0.546. The number of nitrogens with zero attached hydrogens (tertiary/aromatic N) is 4. The lowest BCUT2D eigenvalue weighted by Gasteiger charge is -2.32. The lowest BCUT2D eigenvalue weighted by atomic mass is 9.90. The Balaban J connectivity index is 1.34. The molecule has 2 aromatic carbocycles. The summed E-state index contributed by atoms with van der Waals surface area (Å²) >= 11 is 1.28. The normalized spacial score (nSPS) is 18.0. The summed E-state index contributed by atoms with van der Waals surface area (Å²) in [4.78, 5) is 2.55. The number of piperidine rings is 1. The van der Waals surface area contributed by atoms with Crippen molar-refractivity contribution in [2.24, 2.45) is 0 Å². The molecule has 0 spiro atoms. The minimum absolute atomic E-state index is 0.484. The third-order valence-electron chi connectivity index (χ3n) is 5.67. The number of rotatable bonds is 4. The first kappa shape index (κ1) is 17.5. The second-order valence-corrected chi connectivity index (χ2v) is 8.25. The Morgan fingerprint density at radius 1 is 1.11 bits per heavy atom. The Morgan fingerprint density at radius 3 is 2.86 bits per heavy atom. The zero-order chi connectivity index (χ0) is 18.9. The average molecular weight is 390 g/mol. The number of H-pyrrole nitrogens is 1. The van der Waals surface area contributed by atoms with Crippen LogP contribution in [0.25, 0.3) is 22.2 Å². The summed E-state index contributed by atoms with van der Waals surface area (Å²) in [6.07, 6.45) is 4.38. The molecule has 1 N–H and O–H groups in total. The first-order chi connectivity index (χ1) is 13.8. The van der Waals surface area contributed by atoms with Crippen LogP contribution in [0.2, 0.25) is 0 Å². The zero-order valence-electron chi connectivity index (χ0n) is 15.9. The molecule has 1 aliphatic heterocycles. The molecule has 5 nitrogen and oxygen atoms in total. The van der Waals surface area contributed by atoms with E-state index in [4.69, 9.17) is 0 Å². The molecule has 0 saturated carbocycles. The Bertz CT molecular complexity index is 1080. The third kappa shape index (κ3) is 3.45.